The lowest BCUT2D eigenvalue weighted by molar-refractivity contribution is -0.142. The second-order valence-corrected chi connectivity index (χ2v) is 3.55. The van der Waals surface area contributed by atoms with Crippen LogP contribution in [0.1, 0.15) is 24.0 Å². The largest absolute Gasteiger partial charge is 0.464 e. The number of carbonyl (C=O) groups excluding carboxylic acids is 1. The van der Waals surface area contributed by atoms with E-state index >= 15 is 0 Å². The molecule has 0 N–H and O–H groups in total. The SMILES string of the molecule is Cc1nc(C(F)(F)F)cn1[C@H]1CCOC1=O. The lowest BCUT2D eigenvalue weighted by Gasteiger charge is -2.08. The summed E-state index contributed by atoms with van der Waals surface area (Å²) in [6.07, 6.45) is -3.25. The second kappa shape index (κ2) is 3.50. The zero-order valence-corrected chi connectivity index (χ0v) is 8.41. The van der Waals surface area contributed by atoms with Crippen LogP contribution in [0.15, 0.2) is 6.20 Å². The van der Waals surface area contributed by atoms with Crippen molar-refractivity contribution >= 4 is 5.97 Å². The average molecular weight is 234 g/mol. The fourth-order valence-electron chi connectivity index (χ4n) is 1.68. The molecule has 1 aromatic rings. The number of hydrogen-bond acceptors (Lipinski definition) is 3. The van der Waals surface area contributed by atoms with E-state index in [9.17, 15) is 18.0 Å². The maximum atomic E-state index is 12.4. The maximum absolute atomic E-state index is 12.4. The number of aromatic nitrogens is 2. The second-order valence-electron chi connectivity index (χ2n) is 3.55. The Labute approximate surface area is 89.0 Å². The van der Waals surface area contributed by atoms with Crippen LogP contribution < -0.4 is 0 Å². The summed E-state index contributed by atoms with van der Waals surface area (Å²) in [5.41, 5.74) is -0.982. The van der Waals surface area contributed by atoms with Gasteiger partial charge in [-0.1, -0.05) is 0 Å². The van der Waals surface area contributed by atoms with Gasteiger partial charge in [-0.2, -0.15) is 13.2 Å². The Morgan fingerprint density at radius 1 is 1.56 bits per heavy atom. The van der Waals surface area contributed by atoms with Crippen LogP contribution in [-0.2, 0) is 15.7 Å². The van der Waals surface area contributed by atoms with Crippen molar-refractivity contribution in [2.45, 2.75) is 25.6 Å². The number of rotatable bonds is 1. The third-order valence-corrected chi connectivity index (χ3v) is 2.45. The molecule has 0 saturated carbocycles. The Hall–Kier alpha value is -1.53. The van der Waals surface area contributed by atoms with Gasteiger partial charge in [0.25, 0.3) is 0 Å². The Balaban J connectivity index is 2.35. The standard InChI is InChI=1S/C9H9F3N2O2/c1-5-13-7(9(10,11)12)4-14(5)6-2-3-16-8(6)15/h4,6H,2-3H2,1H3/t6-/m0/s1. The van der Waals surface area contributed by atoms with E-state index in [1.165, 1.54) is 11.5 Å². The first-order valence-corrected chi connectivity index (χ1v) is 4.69. The van der Waals surface area contributed by atoms with Gasteiger partial charge in [0.05, 0.1) is 6.61 Å². The molecule has 0 aliphatic carbocycles. The minimum Gasteiger partial charge on any atom is -0.464 e. The molecule has 1 fully saturated rings. The number of carbonyl (C=O) groups is 1. The van der Waals surface area contributed by atoms with Gasteiger partial charge in [-0.15, -0.1) is 0 Å². The van der Waals surface area contributed by atoms with Gasteiger partial charge in [0.2, 0.25) is 0 Å². The van der Waals surface area contributed by atoms with Crippen LogP contribution >= 0.6 is 0 Å². The first kappa shape index (κ1) is 11.0. The van der Waals surface area contributed by atoms with E-state index in [1.807, 2.05) is 0 Å². The lowest BCUT2D eigenvalue weighted by atomic mass is 10.2. The molecule has 88 valence electrons. The minimum absolute atomic E-state index is 0.163. The first-order valence-electron chi connectivity index (χ1n) is 4.69. The average Bonchev–Trinajstić information content (AvgIpc) is 2.70. The molecule has 0 amide bonds. The van der Waals surface area contributed by atoms with Gasteiger partial charge in [-0.05, 0) is 6.92 Å². The predicted octanol–water partition coefficient (Wildman–Crippen LogP) is 1.70. The van der Waals surface area contributed by atoms with E-state index in [0.29, 0.717) is 6.42 Å². The van der Waals surface area contributed by atoms with Crippen LogP contribution in [0.2, 0.25) is 0 Å². The Bertz CT molecular complexity index is 425. The summed E-state index contributed by atoms with van der Waals surface area (Å²) in [4.78, 5) is 14.6. The topological polar surface area (TPSA) is 44.1 Å². The Morgan fingerprint density at radius 2 is 2.25 bits per heavy atom. The highest BCUT2D eigenvalue weighted by Gasteiger charge is 2.37. The summed E-state index contributed by atoms with van der Waals surface area (Å²) in [7, 11) is 0. The molecule has 0 spiro atoms. The number of hydrogen-bond donors (Lipinski definition) is 0. The van der Waals surface area contributed by atoms with Crippen molar-refractivity contribution in [1.82, 2.24) is 9.55 Å². The molecule has 1 aliphatic rings. The maximum Gasteiger partial charge on any atom is 0.434 e. The molecule has 0 radical (unpaired) electrons. The summed E-state index contributed by atoms with van der Waals surface area (Å²) in [5.74, 6) is -0.342. The van der Waals surface area contributed by atoms with Crippen LogP contribution in [-0.4, -0.2) is 22.1 Å². The van der Waals surface area contributed by atoms with Crippen molar-refractivity contribution in [3.8, 4) is 0 Å². The van der Waals surface area contributed by atoms with Crippen molar-refractivity contribution in [2.75, 3.05) is 6.61 Å². The summed E-state index contributed by atoms with van der Waals surface area (Å²) < 4.78 is 43.0. The highest BCUT2D eigenvalue weighted by atomic mass is 19.4. The summed E-state index contributed by atoms with van der Waals surface area (Å²) in [5, 5.41) is 0. The molecule has 7 heteroatoms. The van der Waals surface area contributed by atoms with Gasteiger partial charge < -0.3 is 9.30 Å². The minimum atomic E-state index is -4.49. The lowest BCUT2D eigenvalue weighted by Crippen LogP contribution is -2.14. The van der Waals surface area contributed by atoms with E-state index in [-0.39, 0.29) is 12.4 Å². The molecular formula is C9H9F3N2O2. The number of alkyl halides is 3. The van der Waals surface area contributed by atoms with E-state index in [1.54, 1.807) is 0 Å². The highest BCUT2D eigenvalue weighted by Crippen LogP contribution is 2.30. The fraction of sp³-hybridized carbons (Fsp3) is 0.556. The molecular weight excluding hydrogens is 225 g/mol. The number of imidazole rings is 1. The quantitative estimate of drug-likeness (QED) is 0.694. The molecule has 1 saturated heterocycles. The van der Waals surface area contributed by atoms with Crippen molar-refractivity contribution < 1.29 is 22.7 Å². The molecule has 0 unspecified atom stereocenters. The van der Waals surface area contributed by atoms with Crippen molar-refractivity contribution in [3.05, 3.63) is 17.7 Å². The van der Waals surface area contributed by atoms with Crippen LogP contribution in [0.4, 0.5) is 13.2 Å². The van der Waals surface area contributed by atoms with Crippen LogP contribution in [0.25, 0.3) is 0 Å². The molecule has 0 bridgehead atoms. The van der Waals surface area contributed by atoms with Gasteiger partial charge in [0, 0.05) is 12.6 Å². The molecule has 1 atom stereocenters. The number of cyclic esters (lactones) is 1. The summed E-state index contributed by atoms with van der Waals surface area (Å²) in [6, 6.07) is -0.677. The van der Waals surface area contributed by atoms with Crippen molar-refractivity contribution in [3.63, 3.8) is 0 Å². The van der Waals surface area contributed by atoms with Gasteiger partial charge in [0.1, 0.15) is 11.9 Å². The highest BCUT2D eigenvalue weighted by molar-refractivity contribution is 5.76. The van der Waals surface area contributed by atoms with E-state index < -0.39 is 23.9 Å². The smallest absolute Gasteiger partial charge is 0.434 e. The zero-order valence-electron chi connectivity index (χ0n) is 8.41. The Morgan fingerprint density at radius 3 is 2.69 bits per heavy atom. The third-order valence-electron chi connectivity index (χ3n) is 2.45. The van der Waals surface area contributed by atoms with E-state index in [2.05, 4.69) is 4.98 Å². The molecule has 2 heterocycles. The first-order chi connectivity index (χ1) is 7.39. The molecule has 4 nitrogen and oxygen atoms in total. The molecule has 2 rings (SSSR count). The molecule has 1 aromatic heterocycles. The van der Waals surface area contributed by atoms with Crippen molar-refractivity contribution in [1.29, 1.82) is 0 Å². The molecule has 0 aromatic carbocycles. The fourth-order valence-corrected chi connectivity index (χ4v) is 1.68. The van der Waals surface area contributed by atoms with Gasteiger partial charge in [-0.25, -0.2) is 9.78 Å². The molecule has 1 aliphatic heterocycles. The van der Waals surface area contributed by atoms with Crippen LogP contribution in [0.5, 0.6) is 0 Å². The monoisotopic (exact) mass is 234 g/mol. The number of esters is 1. The summed E-state index contributed by atoms with van der Waals surface area (Å²) >= 11 is 0. The zero-order chi connectivity index (χ0) is 11.9. The van der Waals surface area contributed by atoms with Gasteiger partial charge >= 0.3 is 12.1 Å². The van der Waals surface area contributed by atoms with Crippen LogP contribution in [0, 0.1) is 6.92 Å². The third kappa shape index (κ3) is 1.77. The van der Waals surface area contributed by atoms with Gasteiger partial charge in [0.15, 0.2) is 5.69 Å². The van der Waals surface area contributed by atoms with Gasteiger partial charge in [-0.3, -0.25) is 0 Å². The number of ether oxygens (including phenoxy) is 1. The molecule has 16 heavy (non-hydrogen) atoms. The van der Waals surface area contributed by atoms with E-state index in [0.717, 1.165) is 6.20 Å². The van der Waals surface area contributed by atoms with E-state index in [4.69, 9.17) is 4.74 Å². The summed E-state index contributed by atoms with van der Waals surface area (Å²) in [6.45, 7) is 1.67. The van der Waals surface area contributed by atoms with Crippen LogP contribution in [0.3, 0.4) is 0 Å². The Kier molecular flexibility index (Phi) is 2.40. The number of aryl methyl sites for hydroxylation is 1. The normalized spacial score (nSPS) is 21.2. The predicted molar refractivity (Wildman–Crippen MR) is 46.6 cm³/mol. The number of halogens is 3. The van der Waals surface area contributed by atoms with Crippen molar-refractivity contribution in [2.24, 2.45) is 0 Å². The number of nitrogens with zero attached hydrogens (tertiary/aromatic N) is 2.